The van der Waals surface area contributed by atoms with Crippen LogP contribution in [0, 0.1) is 11.8 Å². The van der Waals surface area contributed by atoms with E-state index in [2.05, 4.69) is 26.6 Å². The van der Waals surface area contributed by atoms with E-state index in [1.165, 1.54) is 11.8 Å². The number of hydrogen-bond acceptors (Lipinski definition) is 14. The van der Waals surface area contributed by atoms with Gasteiger partial charge in [-0.05, 0) is 50.0 Å². The number of carboxylic acid groups (broad SMARTS) is 4. The van der Waals surface area contributed by atoms with E-state index in [0.29, 0.717) is 12.0 Å². The first kappa shape index (κ1) is 58.9. The molecule has 0 aromatic heterocycles. The Kier molecular flexibility index (Phi) is 23.8. The van der Waals surface area contributed by atoms with Gasteiger partial charge in [-0.1, -0.05) is 58.0 Å². The average molecular weight is 992 g/mol. The molecule has 0 saturated carbocycles. The largest absolute Gasteiger partial charge is 0.481 e. The number of rotatable bonds is 29. The second kappa shape index (κ2) is 28.3. The standard InChI is InChI=1S/C44H65N9O17/c1-21(2)14-25(50-42(67)36(45)23(5)54)37(62)51-29(16-24-10-7-6-8-11-24)43(68)53-13-9-12-31(53)41(66)46-20-32(55)47-26(17-33(56)57)38(63)48-27(18-34(58)59)39(64)49-28(19-35(60)61)40(65)52-30(44(69)70)15-22(3)4/h6-8,10-11,21-23,25-31,36,54H,9,12-20,45H2,1-5H3,(H,46,66)(H,47,55)(H,48,63)(H,49,64)(H,50,67)(H,51,62)(H,52,65)(H,56,57)(H,58,59)(H,60,61)(H,69,70)/t23-,25+,26+,27+,28+,29+,30+,31+,36+/m1/s1. The maximum Gasteiger partial charge on any atom is 0.326 e. The number of carboxylic acids is 4. The van der Waals surface area contributed by atoms with Gasteiger partial charge in [-0.15, -0.1) is 0 Å². The Morgan fingerprint density at radius 2 is 1.03 bits per heavy atom. The van der Waals surface area contributed by atoms with Gasteiger partial charge in [0.1, 0.15) is 48.3 Å². The monoisotopic (exact) mass is 991 g/mol. The van der Waals surface area contributed by atoms with E-state index in [4.69, 9.17) is 5.73 Å². The number of hydrogen-bond donors (Lipinski definition) is 13. The third-order valence-electron chi connectivity index (χ3n) is 10.7. The highest BCUT2D eigenvalue weighted by atomic mass is 16.4. The molecule has 1 aliphatic heterocycles. The lowest BCUT2D eigenvalue weighted by atomic mass is 10.00. The normalized spacial score (nSPS) is 16.7. The van der Waals surface area contributed by atoms with Gasteiger partial charge in [0.25, 0.3) is 0 Å². The van der Waals surface area contributed by atoms with Gasteiger partial charge >= 0.3 is 23.9 Å². The Labute approximate surface area is 402 Å². The van der Waals surface area contributed by atoms with Crippen LogP contribution in [-0.4, -0.2) is 169 Å². The van der Waals surface area contributed by atoms with E-state index in [-0.39, 0.29) is 44.1 Å². The Morgan fingerprint density at radius 1 is 0.600 bits per heavy atom. The van der Waals surface area contributed by atoms with Crippen molar-refractivity contribution in [1.29, 1.82) is 0 Å². The summed E-state index contributed by atoms with van der Waals surface area (Å²) in [5.74, 6) is -15.2. The maximum absolute atomic E-state index is 14.2. The first-order chi connectivity index (χ1) is 32.7. The summed E-state index contributed by atoms with van der Waals surface area (Å²) in [4.78, 5) is 155. The molecule has 26 nitrogen and oxygen atoms in total. The van der Waals surface area contributed by atoms with E-state index in [1.54, 1.807) is 58.0 Å². The topological polar surface area (TPSA) is 419 Å². The second-order valence-electron chi connectivity index (χ2n) is 17.7. The van der Waals surface area contributed by atoms with Crippen LogP contribution in [0.1, 0.15) is 85.1 Å². The zero-order valence-corrected chi connectivity index (χ0v) is 39.5. The lowest BCUT2D eigenvalue weighted by Crippen LogP contribution is -2.59. The third-order valence-corrected chi connectivity index (χ3v) is 10.7. The molecule has 0 radical (unpaired) electrons. The molecule has 388 valence electrons. The Balaban J connectivity index is 2.26. The van der Waals surface area contributed by atoms with Crippen molar-refractivity contribution in [2.24, 2.45) is 17.6 Å². The molecular formula is C44H65N9O17. The van der Waals surface area contributed by atoms with Gasteiger partial charge in [0.15, 0.2) is 0 Å². The van der Waals surface area contributed by atoms with Crippen molar-refractivity contribution in [2.45, 2.75) is 140 Å². The Hall–Kier alpha value is -7.22. The van der Waals surface area contributed by atoms with E-state index < -0.39 is 151 Å². The van der Waals surface area contributed by atoms with E-state index in [9.17, 15) is 83.1 Å². The first-order valence-electron chi connectivity index (χ1n) is 22.5. The van der Waals surface area contributed by atoms with Crippen LogP contribution in [0.2, 0.25) is 0 Å². The molecule has 26 heteroatoms. The molecule has 1 saturated heterocycles. The molecule has 70 heavy (non-hydrogen) atoms. The summed E-state index contributed by atoms with van der Waals surface area (Å²) < 4.78 is 0. The van der Waals surface area contributed by atoms with Gasteiger partial charge in [-0.25, -0.2) is 4.79 Å². The molecule has 1 fully saturated rings. The summed E-state index contributed by atoms with van der Waals surface area (Å²) >= 11 is 0. The maximum atomic E-state index is 14.2. The smallest absolute Gasteiger partial charge is 0.326 e. The Bertz CT molecular complexity index is 2070. The van der Waals surface area contributed by atoms with Crippen LogP contribution in [0.3, 0.4) is 0 Å². The van der Waals surface area contributed by atoms with Crippen molar-refractivity contribution in [3.05, 3.63) is 35.9 Å². The van der Waals surface area contributed by atoms with Crippen molar-refractivity contribution in [3.8, 4) is 0 Å². The minimum Gasteiger partial charge on any atom is -0.481 e. The molecule has 8 amide bonds. The second-order valence-corrected chi connectivity index (χ2v) is 17.7. The summed E-state index contributed by atoms with van der Waals surface area (Å²) in [7, 11) is 0. The van der Waals surface area contributed by atoms with Gasteiger partial charge in [0.05, 0.1) is 31.9 Å². The van der Waals surface area contributed by atoms with Crippen LogP contribution in [0.15, 0.2) is 30.3 Å². The van der Waals surface area contributed by atoms with E-state index in [1.807, 2.05) is 10.6 Å². The number of aliphatic hydroxyl groups excluding tert-OH is 1. The van der Waals surface area contributed by atoms with Gasteiger partial charge in [0.2, 0.25) is 47.3 Å². The van der Waals surface area contributed by atoms with Gasteiger partial charge in [-0.3, -0.25) is 52.7 Å². The fourth-order valence-corrected chi connectivity index (χ4v) is 7.21. The number of nitrogens with two attached hydrogens (primary N) is 1. The fraction of sp³-hybridized carbons (Fsp3) is 0.591. The molecule has 9 atom stereocenters. The molecule has 0 aliphatic carbocycles. The summed E-state index contributed by atoms with van der Waals surface area (Å²) in [6, 6.07) is -4.01. The zero-order valence-electron chi connectivity index (χ0n) is 39.5. The minimum absolute atomic E-state index is 0.0416. The quantitative estimate of drug-likeness (QED) is 0.0371. The number of carbonyl (C=O) groups excluding carboxylic acids is 8. The van der Waals surface area contributed by atoms with Crippen molar-refractivity contribution in [1.82, 2.24) is 42.1 Å². The molecule has 0 unspecified atom stereocenters. The summed E-state index contributed by atoms with van der Waals surface area (Å²) in [6.07, 6.45) is -4.25. The van der Waals surface area contributed by atoms with Crippen molar-refractivity contribution >= 4 is 71.1 Å². The number of nitrogens with zero attached hydrogens (tertiary/aromatic N) is 1. The number of nitrogens with one attached hydrogen (secondary N) is 7. The number of benzene rings is 1. The van der Waals surface area contributed by atoms with Crippen LogP contribution >= 0.6 is 0 Å². The molecule has 0 spiro atoms. The van der Waals surface area contributed by atoms with Crippen LogP contribution in [0.5, 0.6) is 0 Å². The molecule has 1 aromatic carbocycles. The van der Waals surface area contributed by atoms with Crippen LogP contribution in [0.4, 0.5) is 0 Å². The van der Waals surface area contributed by atoms with Crippen molar-refractivity contribution < 1.29 is 83.1 Å². The summed E-state index contributed by atoms with van der Waals surface area (Å²) in [6.45, 7) is 7.35. The van der Waals surface area contributed by atoms with Gasteiger partial charge < -0.3 is 73.4 Å². The Morgan fingerprint density at radius 3 is 1.49 bits per heavy atom. The highest BCUT2D eigenvalue weighted by Crippen LogP contribution is 2.20. The molecule has 0 bridgehead atoms. The minimum atomic E-state index is -2.11. The lowest BCUT2D eigenvalue weighted by molar-refractivity contribution is -0.145. The molecule has 1 aromatic rings. The third kappa shape index (κ3) is 20.2. The number of aliphatic hydroxyl groups is 1. The highest BCUT2D eigenvalue weighted by Gasteiger charge is 2.40. The van der Waals surface area contributed by atoms with E-state index >= 15 is 0 Å². The number of carbonyl (C=O) groups is 12. The summed E-state index contributed by atoms with van der Waals surface area (Å²) in [5, 5.41) is 63.4. The molecule has 14 N–H and O–H groups in total. The fourth-order valence-electron chi connectivity index (χ4n) is 7.21. The predicted molar refractivity (Wildman–Crippen MR) is 242 cm³/mol. The molecular weight excluding hydrogens is 927 g/mol. The first-order valence-corrected chi connectivity index (χ1v) is 22.5. The van der Waals surface area contributed by atoms with Gasteiger partial charge in [0, 0.05) is 13.0 Å². The van der Waals surface area contributed by atoms with Crippen LogP contribution in [0.25, 0.3) is 0 Å². The number of aliphatic carboxylic acids is 4. The number of likely N-dealkylation sites (tertiary alicyclic amines) is 1. The summed E-state index contributed by atoms with van der Waals surface area (Å²) in [5.41, 5.74) is 6.42. The van der Waals surface area contributed by atoms with Crippen molar-refractivity contribution in [3.63, 3.8) is 0 Å². The van der Waals surface area contributed by atoms with Gasteiger partial charge in [-0.2, -0.15) is 0 Å². The SMILES string of the molecule is CC(C)C[C@H](NC(=O)[C@H](CC(=O)O)NC(=O)[C@H](CC(=O)O)NC(=O)[C@H](CC(=O)O)NC(=O)CNC(=O)[C@@H]1CCCN1C(=O)[C@H](Cc1ccccc1)NC(=O)[C@H](CC(C)C)NC(=O)[C@@H](N)[C@@H](C)O)C(=O)O. The molecule has 2 rings (SSSR count). The lowest BCUT2D eigenvalue weighted by Gasteiger charge is -2.30. The van der Waals surface area contributed by atoms with E-state index in [0.717, 1.165) is 0 Å². The molecule has 1 heterocycles. The predicted octanol–water partition coefficient (Wildman–Crippen LogP) is -3.45. The number of amides is 8. The zero-order chi connectivity index (χ0) is 53.0. The average Bonchev–Trinajstić information content (AvgIpc) is 3.76. The van der Waals surface area contributed by atoms with Crippen LogP contribution in [-0.2, 0) is 64.0 Å². The molecule has 1 aliphatic rings. The van der Waals surface area contributed by atoms with Crippen LogP contribution < -0.4 is 43.0 Å². The highest BCUT2D eigenvalue weighted by molar-refractivity contribution is 5.99. The van der Waals surface area contributed by atoms with Crippen molar-refractivity contribution in [2.75, 3.05) is 13.1 Å².